The van der Waals surface area contributed by atoms with Gasteiger partial charge in [-0.15, -0.1) is 0 Å². The number of rotatable bonds is 2. The fourth-order valence-electron chi connectivity index (χ4n) is 2.37. The second-order valence-corrected chi connectivity index (χ2v) is 5.06. The van der Waals surface area contributed by atoms with Gasteiger partial charge in [0.25, 0.3) is 0 Å². The summed E-state index contributed by atoms with van der Waals surface area (Å²) in [6, 6.07) is 0.204. The molecule has 0 aromatic rings. The molecule has 0 saturated heterocycles. The SMILES string of the molecule is CC12CC(=O)C=CC1N(CC1CC1)N=N2. The van der Waals surface area contributed by atoms with Gasteiger partial charge in [0.15, 0.2) is 5.78 Å². The van der Waals surface area contributed by atoms with E-state index in [-0.39, 0.29) is 17.4 Å². The lowest BCUT2D eigenvalue weighted by Crippen LogP contribution is -2.45. The summed E-state index contributed by atoms with van der Waals surface area (Å²) in [5.74, 6) is 0.971. The summed E-state index contributed by atoms with van der Waals surface area (Å²) >= 11 is 0. The molecule has 0 spiro atoms. The Morgan fingerprint density at radius 2 is 2.40 bits per heavy atom. The Labute approximate surface area is 89.0 Å². The van der Waals surface area contributed by atoms with Crippen LogP contribution in [0.3, 0.4) is 0 Å². The predicted molar refractivity (Wildman–Crippen MR) is 55.2 cm³/mol. The molecule has 0 aromatic heterocycles. The lowest BCUT2D eigenvalue weighted by atomic mass is 9.83. The Balaban J connectivity index is 1.81. The molecule has 2 unspecified atom stereocenters. The third kappa shape index (κ3) is 1.48. The summed E-state index contributed by atoms with van der Waals surface area (Å²) in [4.78, 5) is 11.3. The van der Waals surface area contributed by atoms with Crippen molar-refractivity contribution in [2.24, 2.45) is 16.3 Å². The molecule has 4 heteroatoms. The summed E-state index contributed by atoms with van der Waals surface area (Å²) in [6.45, 7) is 3.03. The van der Waals surface area contributed by atoms with Crippen LogP contribution in [-0.4, -0.2) is 28.9 Å². The Bertz CT molecular complexity index is 359. The van der Waals surface area contributed by atoms with Crippen LogP contribution < -0.4 is 0 Å². The highest BCUT2D eigenvalue weighted by Crippen LogP contribution is 2.38. The van der Waals surface area contributed by atoms with Crippen molar-refractivity contribution < 1.29 is 4.79 Å². The van der Waals surface area contributed by atoms with E-state index in [9.17, 15) is 4.79 Å². The largest absolute Gasteiger partial charge is 0.295 e. The fourth-order valence-corrected chi connectivity index (χ4v) is 2.37. The van der Waals surface area contributed by atoms with Gasteiger partial charge in [-0.3, -0.25) is 9.80 Å². The maximum atomic E-state index is 11.3. The molecule has 1 heterocycles. The third-order valence-corrected chi connectivity index (χ3v) is 3.49. The van der Waals surface area contributed by atoms with Crippen LogP contribution in [0.1, 0.15) is 26.2 Å². The van der Waals surface area contributed by atoms with Crippen LogP contribution in [-0.2, 0) is 4.79 Å². The van der Waals surface area contributed by atoms with Gasteiger partial charge in [-0.25, -0.2) is 0 Å². The molecule has 80 valence electrons. The maximum Gasteiger partial charge on any atom is 0.158 e. The van der Waals surface area contributed by atoms with E-state index in [1.807, 2.05) is 13.0 Å². The molecule has 1 fully saturated rings. The van der Waals surface area contributed by atoms with E-state index in [0.717, 1.165) is 12.5 Å². The molecular formula is C11H15N3O. The summed E-state index contributed by atoms with van der Waals surface area (Å²) in [6.07, 6.45) is 6.78. The fraction of sp³-hybridized carbons (Fsp3) is 0.727. The van der Waals surface area contributed by atoms with E-state index in [1.165, 1.54) is 12.8 Å². The molecule has 2 atom stereocenters. The van der Waals surface area contributed by atoms with E-state index >= 15 is 0 Å². The average molecular weight is 205 g/mol. The van der Waals surface area contributed by atoms with Crippen LogP contribution in [0.2, 0.25) is 0 Å². The molecule has 1 saturated carbocycles. The second-order valence-electron chi connectivity index (χ2n) is 5.06. The molecule has 0 bridgehead atoms. The molecule has 3 rings (SSSR count). The Hall–Kier alpha value is -1.19. The van der Waals surface area contributed by atoms with Gasteiger partial charge in [0.05, 0.1) is 6.04 Å². The van der Waals surface area contributed by atoms with E-state index in [0.29, 0.717) is 6.42 Å². The molecule has 0 amide bonds. The van der Waals surface area contributed by atoms with Crippen molar-refractivity contribution >= 4 is 5.78 Å². The highest BCUT2D eigenvalue weighted by molar-refractivity contribution is 5.92. The molecule has 4 nitrogen and oxygen atoms in total. The first-order valence-electron chi connectivity index (χ1n) is 5.58. The summed E-state index contributed by atoms with van der Waals surface area (Å²) in [7, 11) is 0. The van der Waals surface area contributed by atoms with Crippen molar-refractivity contribution in [2.45, 2.75) is 37.8 Å². The highest BCUT2D eigenvalue weighted by Gasteiger charge is 2.46. The highest BCUT2D eigenvalue weighted by atomic mass is 16.1. The Kier molecular flexibility index (Phi) is 1.75. The topological polar surface area (TPSA) is 45.0 Å². The quantitative estimate of drug-likeness (QED) is 0.689. The smallest absolute Gasteiger partial charge is 0.158 e. The van der Waals surface area contributed by atoms with Crippen molar-refractivity contribution in [2.75, 3.05) is 6.54 Å². The average Bonchev–Trinajstić information content (AvgIpc) is 2.91. The third-order valence-electron chi connectivity index (χ3n) is 3.49. The van der Waals surface area contributed by atoms with Crippen LogP contribution in [0, 0.1) is 5.92 Å². The van der Waals surface area contributed by atoms with Crippen molar-refractivity contribution in [1.82, 2.24) is 5.01 Å². The van der Waals surface area contributed by atoms with Crippen LogP contribution in [0.15, 0.2) is 22.5 Å². The van der Waals surface area contributed by atoms with Crippen molar-refractivity contribution in [1.29, 1.82) is 0 Å². The van der Waals surface area contributed by atoms with Crippen molar-refractivity contribution in [3.63, 3.8) is 0 Å². The summed E-state index contributed by atoms with van der Waals surface area (Å²) < 4.78 is 0. The van der Waals surface area contributed by atoms with E-state index < -0.39 is 0 Å². The first kappa shape index (κ1) is 9.07. The zero-order valence-electron chi connectivity index (χ0n) is 8.89. The lowest BCUT2D eigenvalue weighted by Gasteiger charge is -2.31. The molecule has 3 aliphatic rings. The molecule has 0 aromatic carbocycles. The van der Waals surface area contributed by atoms with Gasteiger partial charge < -0.3 is 0 Å². The minimum Gasteiger partial charge on any atom is -0.295 e. The molecule has 15 heavy (non-hydrogen) atoms. The number of ketones is 1. The van der Waals surface area contributed by atoms with E-state index in [1.54, 1.807) is 6.08 Å². The van der Waals surface area contributed by atoms with E-state index in [4.69, 9.17) is 0 Å². The Morgan fingerprint density at radius 3 is 3.13 bits per heavy atom. The zero-order chi connectivity index (χ0) is 10.5. The maximum absolute atomic E-state index is 11.3. The van der Waals surface area contributed by atoms with Gasteiger partial charge in [-0.1, -0.05) is 11.3 Å². The van der Waals surface area contributed by atoms with Crippen molar-refractivity contribution in [3.8, 4) is 0 Å². The summed E-state index contributed by atoms with van der Waals surface area (Å²) in [5, 5.41) is 10.6. The van der Waals surface area contributed by atoms with Gasteiger partial charge in [0.1, 0.15) is 5.54 Å². The number of carbonyl (C=O) groups excluding carboxylic acids is 1. The minimum absolute atomic E-state index is 0.168. The number of fused-ring (bicyclic) bond motifs is 1. The zero-order valence-corrected chi connectivity index (χ0v) is 8.89. The molecule has 0 radical (unpaired) electrons. The number of hydrogen-bond donors (Lipinski definition) is 0. The molecule has 2 aliphatic carbocycles. The predicted octanol–water partition coefficient (Wildman–Crippen LogP) is 1.74. The van der Waals surface area contributed by atoms with Gasteiger partial charge in [0.2, 0.25) is 0 Å². The van der Waals surface area contributed by atoms with Gasteiger partial charge >= 0.3 is 0 Å². The molecule has 1 aliphatic heterocycles. The summed E-state index contributed by atoms with van der Waals surface area (Å²) in [5.41, 5.74) is -0.305. The second kappa shape index (κ2) is 2.90. The number of hydrogen-bond acceptors (Lipinski definition) is 4. The van der Waals surface area contributed by atoms with Crippen molar-refractivity contribution in [3.05, 3.63) is 12.2 Å². The standard InChI is InChI=1S/C11H15N3O/c1-11-6-9(15)4-5-10(11)14(13-12-11)7-8-2-3-8/h4-5,8,10H,2-3,6-7H2,1H3. The van der Waals surface area contributed by atoms with E-state index in [2.05, 4.69) is 15.3 Å². The van der Waals surface area contributed by atoms with Crippen LogP contribution in [0.25, 0.3) is 0 Å². The monoisotopic (exact) mass is 205 g/mol. The Morgan fingerprint density at radius 1 is 1.60 bits per heavy atom. The number of nitrogens with zero attached hydrogens (tertiary/aromatic N) is 3. The van der Waals surface area contributed by atoms with Gasteiger partial charge in [-0.2, -0.15) is 5.11 Å². The van der Waals surface area contributed by atoms with Crippen LogP contribution in [0.4, 0.5) is 0 Å². The normalized spacial score (nSPS) is 38.6. The molecular weight excluding hydrogens is 190 g/mol. The molecule has 0 N–H and O–H groups in total. The minimum atomic E-state index is -0.305. The number of carbonyl (C=O) groups is 1. The van der Waals surface area contributed by atoms with Gasteiger partial charge in [0, 0.05) is 13.0 Å². The number of allylic oxidation sites excluding steroid dienone is 1. The lowest BCUT2D eigenvalue weighted by molar-refractivity contribution is -0.116. The first-order chi connectivity index (χ1) is 7.17. The van der Waals surface area contributed by atoms with Gasteiger partial charge in [-0.05, 0) is 31.8 Å². The van der Waals surface area contributed by atoms with Crippen LogP contribution >= 0.6 is 0 Å². The van der Waals surface area contributed by atoms with Crippen LogP contribution in [0.5, 0.6) is 0 Å². The first-order valence-corrected chi connectivity index (χ1v) is 5.58.